The van der Waals surface area contributed by atoms with Crippen LogP contribution in [0.25, 0.3) is 10.2 Å². The van der Waals surface area contributed by atoms with Gasteiger partial charge in [-0.05, 0) is 44.6 Å². The number of thioether (sulfide) groups is 1. The van der Waals surface area contributed by atoms with E-state index in [9.17, 15) is 4.79 Å². The minimum absolute atomic E-state index is 0.0426. The number of hydrogen-bond donors (Lipinski definition) is 0. The normalized spacial score (nSPS) is 19.4. The number of rotatable bonds is 7. The molecule has 3 aromatic heterocycles. The van der Waals surface area contributed by atoms with Gasteiger partial charge >= 0.3 is 0 Å². The van der Waals surface area contributed by atoms with Crippen molar-refractivity contribution in [3.05, 3.63) is 32.5 Å². The van der Waals surface area contributed by atoms with Crippen molar-refractivity contribution in [2.24, 2.45) is 0 Å². The number of fused-ring (bicyclic) bond motifs is 1. The van der Waals surface area contributed by atoms with Gasteiger partial charge in [-0.25, -0.2) is 4.98 Å². The average molecular weight is 433 g/mol. The van der Waals surface area contributed by atoms with Gasteiger partial charge in [0.2, 0.25) is 5.89 Å². The molecule has 0 bridgehead atoms. The zero-order valence-electron chi connectivity index (χ0n) is 16.6. The molecule has 29 heavy (non-hydrogen) atoms. The predicted molar refractivity (Wildman–Crippen MR) is 113 cm³/mol. The Bertz CT molecular complexity index is 1090. The number of thiophene rings is 1. The van der Waals surface area contributed by atoms with Crippen LogP contribution < -0.4 is 5.56 Å². The molecule has 0 radical (unpaired) electrons. The largest absolute Gasteiger partial charge is 0.376 e. The van der Waals surface area contributed by atoms with Crippen LogP contribution in [-0.2, 0) is 23.5 Å². The summed E-state index contributed by atoms with van der Waals surface area (Å²) in [5.74, 6) is 2.37. The van der Waals surface area contributed by atoms with Crippen LogP contribution in [0.4, 0.5) is 0 Å². The summed E-state index contributed by atoms with van der Waals surface area (Å²) in [6.07, 6.45) is 5.19. The van der Waals surface area contributed by atoms with Gasteiger partial charge < -0.3 is 9.26 Å². The van der Waals surface area contributed by atoms with Crippen molar-refractivity contribution in [2.45, 2.75) is 75.4 Å². The van der Waals surface area contributed by atoms with Gasteiger partial charge in [0.15, 0.2) is 11.0 Å². The summed E-state index contributed by atoms with van der Waals surface area (Å²) in [7, 11) is 0. The molecule has 2 fully saturated rings. The third-order valence-corrected chi connectivity index (χ3v) is 7.60. The minimum atomic E-state index is 0.0426. The highest BCUT2D eigenvalue weighted by Crippen LogP contribution is 2.39. The SMILES string of the molecule is CCc1c(C)sc2nc(SCc3noc(C4CC4)n3)n(CC3CCCO3)c(=O)c12. The van der Waals surface area contributed by atoms with Gasteiger partial charge in [-0.1, -0.05) is 23.8 Å². The standard InChI is InChI=1S/C20H24N4O3S2/c1-3-14-11(2)29-18-16(14)19(25)24(9-13-5-4-8-26-13)20(22-18)28-10-15-21-17(27-23-15)12-6-7-12/h12-13H,3-10H2,1-2H3. The van der Waals surface area contributed by atoms with Gasteiger partial charge in [-0.3, -0.25) is 9.36 Å². The Labute approximate surface area is 176 Å². The Kier molecular flexibility index (Phi) is 5.21. The van der Waals surface area contributed by atoms with Crippen LogP contribution in [0.5, 0.6) is 0 Å². The highest BCUT2D eigenvalue weighted by molar-refractivity contribution is 7.98. The lowest BCUT2D eigenvalue weighted by atomic mass is 10.1. The predicted octanol–water partition coefficient (Wildman–Crippen LogP) is 4.06. The Morgan fingerprint density at radius 1 is 1.28 bits per heavy atom. The monoisotopic (exact) mass is 432 g/mol. The molecule has 0 spiro atoms. The first kappa shape index (κ1) is 19.3. The van der Waals surface area contributed by atoms with E-state index >= 15 is 0 Å². The molecule has 1 aliphatic carbocycles. The first-order valence-electron chi connectivity index (χ1n) is 10.2. The summed E-state index contributed by atoms with van der Waals surface area (Å²) in [6, 6.07) is 0. The van der Waals surface area contributed by atoms with Gasteiger partial charge in [0.05, 0.1) is 23.8 Å². The summed E-state index contributed by atoms with van der Waals surface area (Å²) < 4.78 is 13.0. The summed E-state index contributed by atoms with van der Waals surface area (Å²) in [5.41, 5.74) is 1.16. The van der Waals surface area contributed by atoms with Crippen molar-refractivity contribution in [1.29, 1.82) is 0 Å². The highest BCUT2D eigenvalue weighted by Gasteiger charge is 2.30. The highest BCUT2D eigenvalue weighted by atomic mass is 32.2. The molecule has 9 heteroatoms. The van der Waals surface area contributed by atoms with E-state index < -0.39 is 0 Å². The molecular formula is C20H24N4O3S2. The molecule has 154 valence electrons. The number of hydrogen-bond acceptors (Lipinski definition) is 8. The molecule has 3 aromatic rings. The molecule has 5 rings (SSSR count). The fourth-order valence-electron chi connectivity index (χ4n) is 3.87. The van der Waals surface area contributed by atoms with E-state index in [4.69, 9.17) is 14.2 Å². The third kappa shape index (κ3) is 3.75. The van der Waals surface area contributed by atoms with Crippen molar-refractivity contribution in [3.63, 3.8) is 0 Å². The zero-order valence-corrected chi connectivity index (χ0v) is 18.3. The summed E-state index contributed by atoms with van der Waals surface area (Å²) in [6.45, 7) is 5.47. The molecule has 1 atom stereocenters. The van der Waals surface area contributed by atoms with Crippen molar-refractivity contribution < 1.29 is 9.26 Å². The van der Waals surface area contributed by atoms with E-state index in [-0.39, 0.29) is 11.7 Å². The molecule has 1 unspecified atom stereocenters. The Hall–Kier alpha value is -1.71. The van der Waals surface area contributed by atoms with E-state index in [0.717, 1.165) is 60.4 Å². The molecule has 1 aliphatic heterocycles. The van der Waals surface area contributed by atoms with Crippen molar-refractivity contribution in [3.8, 4) is 0 Å². The number of aryl methyl sites for hydroxylation is 2. The molecule has 2 aliphatic rings. The molecule has 4 heterocycles. The second-order valence-corrected chi connectivity index (χ2v) is 9.87. The van der Waals surface area contributed by atoms with Crippen LogP contribution in [0.15, 0.2) is 14.5 Å². The fourth-order valence-corrected chi connectivity index (χ4v) is 5.88. The minimum Gasteiger partial charge on any atom is -0.376 e. The topological polar surface area (TPSA) is 83.0 Å². The molecule has 7 nitrogen and oxygen atoms in total. The van der Waals surface area contributed by atoms with E-state index in [1.54, 1.807) is 15.9 Å². The lowest BCUT2D eigenvalue weighted by Crippen LogP contribution is -2.29. The van der Waals surface area contributed by atoms with E-state index in [2.05, 4.69) is 24.0 Å². The Balaban J connectivity index is 1.49. The number of nitrogens with zero attached hydrogens (tertiary/aromatic N) is 4. The maximum absolute atomic E-state index is 13.5. The van der Waals surface area contributed by atoms with Gasteiger partial charge in [0, 0.05) is 17.4 Å². The third-order valence-electron chi connectivity index (χ3n) is 5.58. The van der Waals surface area contributed by atoms with Crippen LogP contribution >= 0.6 is 23.1 Å². The second-order valence-electron chi connectivity index (χ2n) is 7.73. The first-order chi connectivity index (χ1) is 14.1. The second kappa shape index (κ2) is 7.85. The molecule has 0 amide bonds. The molecule has 1 saturated carbocycles. The fraction of sp³-hybridized carbons (Fsp3) is 0.600. The Morgan fingerprint density at radius 2 is 2.14 bits per heavy atom. The van der Waals surface area contributed by atoms with Crippen LogP contribution in [0, 0.1) is 6.92 Å². The summed E-state index contributed by atoms with van der Waals surface area (Å²) in [5, 5.41) is 5.58. The van der Waals surface area contributed by atoms with E-state index in [1.165, 1.54) is 16.6 Å². The van der Waals surface area contributed by atoms with Crippen LogP contribution in [-0.4, -0.2) is 32.4 Å². The van der Waals surface area contributed by atoms with Crippen LogP contribution in [0.1, 0.15) is 60.7 Å². The van der Waals surface area contributed by atoms with Gasteiger partial charge in [-0.15, -0.1) is 11.3 Å². The lowest BCUT2D eigenvalue weighted by molar-refractivity contribution is 0.0937. The first-order valence-corrected chi connectivity index (χ1v) is 12.0. The van der Waals surface area contributed by atoms with Gasteiger partial charge in [0.25, 0.3) is 5.56 Å². The average Bonchev–Trinajstić information content (AvgIpc) is 3.12. The molecule has 1 saturated heterocycles. The summed E-state index contributed by atoms with van der Waals surface area (Å²) in [4.78, 5) is 24.8. The zero-order chi connectivity index (χ0) is 20.0. The van der Waals surface area contributed by atoms with Crippen LogP contribution in [0.2, 0.25) is 0 Å². The summed E-state index contributed by atoms with van der Waals surface area (Å²) >= 11 is 3.10. The van der Waals surface area contributed by atoms with E-state index in [0.29, 0.717) is 29.2 Å². The lowest BCUT2D eigenvalue weighted by Gasteiger charge is -2.15. The number of aromatic nitrogens is 4. The molecular weight excluding hydrogens is 408 g/mol. The molecule has 0 aromatic carbocycles. The van der Waals surface area contributed by atoms with E-state index in [1.807, 2.05) is 0 Å². The maximum atomic E-state index is 13.5. The van der Waals surface area contributed by atoms with Gasteiger partial charge in [-0.2, -0.15) is 4.98 Å². The van der Waals surface area contributed by atoms with Crippen molar-refractivity contribution in [2.75, 3.05) is 6.61 Å². The smallest absolute Gasteiger partial charge is 0.263 e. The van der Waals surface area contributed by atoms with Crippen molar-refractivity contribution >= 4 is 33.3 Å². The number of ether oxygens (including phenoxy) is 1. The maximum Gasteiger partial charge on any atom is 0.263 e. The molecule has 0 N–H and O–H groups in total. The van der Waals surface area contributed by atoms with Crippen LogP contribution in [0.3, 0.4) is 0 Å². The Morgan fingerprint density at radius 3 is 2.86 bits per heavy atom. The van der Waals surface area contributed by atoms with Crippen molar-refractivity contribution in [1.82, 2.24) is 19.7 Å². The van der Waals surface area contributed by atoms with Gasteiger partial charge in [0.1, 0.15) is 4.83 Å². The quantitative estimate of drug-likeness (QED) is 0.411.